The third-order valence-corrected chi connectivity index (χ3v) is 4.94. The molecule has 0 unspecified atom stereocenters. The molecule has 4 aromatic rings. The van der Waals surface area contributed by atoms with E-state index in [1.54, 1.807) is 30.3 Å². The molecule has 0 radical (unpaired) electrons. The predicted molar refractivity (Wildman–Crippen MR) is 110 cm³/mol. The van der Waals surface area contributed by atoms with E-state index in [9.17, 15) is 9.18 Å². The molecule has 0 spiro atoms. The molecule has 5 nitrogen and oxygen atoms in total. The van der Waals surface area contributed by atoms with Gasteiger partial charge >= 0.3 is 5.97 Å². The quantitative estimate of drug-likeness (QED) is 0.403. The van der Waals surface area contributed by atoms with Gasteiger partial charge in [-0.3, -0.25) is 0 Å². The number of hydrogen-bond acceptors (Lipinski definition) is 4. The van der Waals surface area contributed by atoms with Gasteiger partial charge < -0.3 is 14.4 Å². The van der Waals surface area contributed by atoms with Gasteiger partial charge in [-0.1, -0.05) is 41.6 Å². The second kappa shape index (κ2) is 8.68. The van der Waals surface area contributed by atoms with E-state index in [4.69, 9.17) is 14.4 Å². The van der Waals surface area contributed by atoms with Gasteiger partial charge in [-0.15, -0.1) is 0 Å². The standard InChI is InChI=1S/C24H16F3NO4/c1-31-12-17-16(13-5-3-2-4-6-13)10-19(26)22(23(17)27)21-11-20(28-32-21)14-7-8-15(24(29)30)18(25)9-14/h2-11H,12H2,1H3,(H,29,30). The molecular formula is C24H16F3NO4. The predicted octanol–water partition coefficient (Wildman–Crippen LogP) is 5.94. The maximum absolute atomic E-state index is 15.4. The first-order valence-electron chi connectivity index (χ1n) is 9.46. The van der Waals surface area contributed by atoms with Crippen LogP contribution in [0.4, 0.5) is 13.2 Å². The second-order valence-corrected chi connectivity index (χ2v) is 6.95. The third-order valence-electron chi connectivity index (χ3n) is 4.94. The van der Waals surface area contributed by atoms with Crippen LogP contribution in [0.2, 0.25) is 0 Å². The van der Waals surface area contributed by atoms with E-state index in [2.05, 4.69) is 5.16 Å². The second-order valence-electron chi connectivity index (χ2n) is 6.95. The molecule has 162 valence electrons. The van der Waals surface area contributed by atoms with E-state index in [1.807, 2.05) is 0 Å². The molecule has 32 heavy (non-hydrogen) atoms. The van der Waals surface area contributed by atoms with Crippen molar-refractivity contribution in [3.8, 4) is 33.7 Å². The number of halogens is 3. The van der Waals surface area contributed by atoms with Gasteiger partial charge in [0.25, 0.3) is 0 Å². The Kier molecular flexibility index (Phi) is 5.79. The minimum atomic E-state index is -1.41. The number of ether oxygens (including phenoxy) is 1. The van der Waals surface area contributed by atoms with Gasteiger partial charge in [-0.2, -0.15) is 0 Å². The number of rotatable bonds is 6. The van der Waals surface area contributed by atoms with Crippen molar-refractivity contribution in [1.29, 1.82) is 0 Å². The lowest BCUT2D eigenvalue weighted by Crippen LogP contribution is -2.02. The first-order valence-corrected chi connectivity index (χ1v) is 9.46. The van der Waals surface area contributed by atoms with Crippen molar-refractivity contribution in [3.05, 3.63) is 89.2 Å². The highest BCUT2D eigenvalue weighted by molar-refractivity contribution is 5.88. The van der Waals surface area contributed by atoms with Crippen LogP contribution in [0, 0.1) is 17.5 Å². The highest BCUT2D eigenvalue weighted by Crippen LogP contribution is 2.37. The van der Waals surface area contributed by atoms with Crippen LogP contribution >= 0.6 is 0 Å². The fraction of sp³-hybridized carbons (Fsp3) is 0.0833. The summed E-state index contributed by atoms with van der Waals surface area (Å²) in [7, 11) is 1.40. The van der Waals surface area contributed by atoms with Crippen LogP contribution in [0.5, 0.6) is 0 Å². The number of methoxy groups -OCH3 is 1. The van der Waals surface area contributed by atoms with Crippen LogP contribution in [0.3, 0.4) is 0 Å². The average molecular weight is 439 g/mol. The molecule has 0 aliphatic rings. The highest BCUT2D eigenvalue weighted by atomic mass is 19.1. The number of nitrogens with zero attached hydrogens (tertiary/aromatic N) is 1. The van der Waals surface area contributed by atoms with Gasteiger partial charge in [-0.25, -0.2) is 18.0 Å². The summed E-state index contributed by atoms with van der Waals surface area (Å²) in [4.78, 5) is 11.0. The molecule has 0 aliphatic heterocycles. The minimum absolute atomic E-state index is 0.0927. The van der Waals surface area contributed by atoms with E-state index in [0.29, 0.717) is 11.1 Å². The van der Waals surface area contributed by atoms with Crippen LogP contribution in [0.25, 0.3) is 33.7 Å². The molecule has 4 rings (SSSR count). The van der Waals surface area contributed by atoms with Gasteiger partial charge in [0, 0.05) is 24.3 Å². The lowest BCUT2D eigenvalue weighted by molar-refractivity contribution is 0.0692. The number of aromatic carboxylic acids is 1. The van der Waals surface area contributed by atoms with Gasteiger partial charge in [-0.05, 0) is 29.3 Å². The number of benzene rings is 3. The van der Waals surface area contributed by atoms with E-state index >= 15 is 8.78 Å². The van der Waals surface area contributed by atoms with Crippen molar-refractivity contribution in [2.24, 2.45) is 0 Å². The molecule has 1 aromatic heterocycles. The summed E-state index contributed by atoms with van der Waals surface area (Å²) in [6.45, 7) is -0.105. The number of carboxylic acids is 1. The Morgan fingerprint density at radius 1 is 1.00 bits per heavy atom. The molecule has 0 bridgehead atoms. The average Bonchev–Trinajstić information content (AvgIpc) is 3.25. The van der Waals surface area contributed by atoms with Crippen molar-refractivity contribution >= 4 is 5.97 Å². The van der Waals surface area contributed by atoms with Gasteiger partial charge in [0.15, 0.2) is 5.76 Å². The van der Waals surface area contributed by atoms with Crippen molar-refractivity contribution in [2.45, 2.75) is 6.61 Å². The zero-order chi connectivity index (χ0) is 22.8. The number of carboxylic acid groups (broad SMARTS) is 1. The molecule has 0 saturated heterocycles. The Morgan fingerprint density at radius 3 is 2.41 bits per heavy atom. The fourth-order valence-electron chi connectivity index (χ4n) is 3.42. The number of carbonyl (C=O) groups is 1. The van der Waals surface area contributed by atoms with Crippen LogP contribution < -0.4 is 0 Å². The summed E-state index contributed by atoms with van der Waals surface area (Å²) in [6.07, 6.45) is 0. The van der Waals surface area contributed by atoms with Crippen LogP contribution in [-0.4, -0.2) is 23.3 Å². The highest BCUT2D eigenvalue weighted by Gasteiger charge is 2.24. The van der Waals surface area contributed by atoms with Crippen molar-refractivity contribution in [1.82, 2.24) is 5.16 Å². The summed E-state index contributed by atoms with van der Waals surface area (Å²) in [5.41, 5.74) is 0.461. The van der Waals surface area contributed by atoms with Gasteiger partial charge in [0.1, 0.15) is 23.1 Å². The van der Waals surface area contributed by atoms with Crippen LogP contribution in [0.1, 0.15) is 15.9 Å². The molecule has 0 amide bonds. The Bertz CT molecular complexity index is 1300. The Morgan fingerprint density at radius 2 is 1.75 bits per heavy atom. The number of aromatic nitrogens is 1. The number of hydrogen-bond donors (Lipinski definition) is 1. The molecule has 0 aliphatic carbocycles. The summed E-state index contributed by atoms with van der Waals surface area (Å²) >= 11 is 0. The molecule has 3 aromatic carbocycles. The lowest BCUT2D eigenvalue weighted by Gasteiger charge is -2.13. The lowest BCUT2D eigenvalue weighted by atomic mass is 9.95. The van der Waals surface area contributed by atoms with Crippen molar-refractivity contribution < 1.29 is 32.3 Å². The van der Waals surface area contributed by atoms with Crippen LogP contribution in [-0.2, 0) is 11.3 Å². The summed E-state index contributed by atoms with van der Waals surface area (Å²) in [6, 6.07) is 14.6. The molecular weight excluding hydrogens is 423 g/mol. The van der Waals surface area contributed by atoms with E-state index in [-0.39, 0.29) is 29.2 Å². The van der Waals surface area contributed by atoms with E-state index in [0.717, 1.165) is 12.1 Å². The van der Waals surface area contributed by atoms with Crippen molar-refractivity contribution in [2.75, 3.05) is 7.11 Å². The normalized spacial score (nSPS) is 11.0. The zero-order valence-electron chi connectivity index (χ0n) is 16.7. The largest absolute Gasteiger partial charge is 0.478 e. The smallest absolute Gasteiger partial charge is 0.338 e. The topological polar surface area (TPSA) is 72.6 Å². The monoisotopic (exact) mass is 439 g/mol. The zero-order valence-corrected chi connectivity index (χ0v) is 16.7. The van der Waals surface area contributed by atoms with Crippen LogP contribution in [0.15, 0.2) is 65.2 Å². The molecule has 0 saturated carbocycles. The van der Waals surface area contributed by atoms with Crippen molar-refractivity contribution in [3.63, 3.8) is 0 Å². The van der Waals surface area contributed by atoms with E-state index in [1.165, 1.54) is 25.3 Å². The summed E-state index contributed by atoms with van der Waals surface area (Å²) < 4.78 is 54.8. The molecule has 8 heteroatoms. The molecule has 0 atom stereocenters. The minimum Gasteiger partial charge on any atom is -0.478 e. The molecule has 1 heterocycles. The SMILES string of the molecule is COCc1c(-c2ccccc2)cc(F)c(-c2cc(-c3ccc(C(=O)O)c(F)c3)no2)c1F. The Balaban J connectivity index is 1.80. The summed E-state index contributed by atoms with van der Waals surface area (Å²) in [5.74, 6) is -4.30. The first kappa shape index (κ1) is 21.3. The molecule has 1 N–H and O–H groups in total. The maximum Gasteiger partial charge on any atom is 0.338 e. The van der Waals surface area contributed by atoms with Gasteiger partial charge in [0.2, 0.25) is 0 Å². The van der Waals surface area contributed by atoms with E-state index < -0.39 is 34.5 Å². The molecule has 0 fully saturated rings. The fourth-order valence-corrected chi connectivity index (χ4v) is 3.42. The summed E-state index contributed by atoms with van der Waals surface area (Å²) in [5, 5.41) is 12.7. The van der Waals surface area contributed by atoms with Gasteiger partial charge in [0.05, 0.1) is 17.7 Å². The Hall–Kier alpha value is -3.91. The first-order chi connectivity index (χ1) is 15.4. The maximum atomic E-state index is 15.4. The third kappa shape index (κ3) is 3.88. The Labute approximate surface area is 180 Å².